The molecule has 0 aromatic carbocycles. The fraction of sp³-hybridized carbons (Fsp3) is 0.750. The molecule has 9 heavy (non-hydrogen) atoms. The molecule has 2 atom stereocenters. The van der Waals surface area contributed by atoms with Crippen molar-refractivity contribution in [1.82, 2.24) is 0 Å². The Hall–Kier alpha value is -0.460. The third kappa shape index (κ3) is 0.846. The summed E-state index contributed by atoms with van der Waals surface area (Å²) in [5.41, 5.74) is 0. The predicted molar refractivity (Wildman–Crippen MR) is 36.2 cm³/mol. The topological polar surface area (TPSA) is 20.2 Å². The smallest absolute Gasteiger partial charge is 0.0916 e. The minimum Gasteiger partial charge on any atom is -0.512 e. The average Bonchev–Trinajstić information content (AvgIpc) is 2.55. The molecule has 0 aliphatic heterocycles. The third-order valence-corrected chi connectivity index (χ3v) is 2.44. The predicted octanol–water partition coefficient (Wildman–Crippen LogP) is 2.25. The molecular formula is C8H12O. The first kappa shape index (κ1) is 5.33. The Morgan fingerprint density at radius 2 is 2.44 bits per heavy atom. The lowest BCUT2D eigenvalue weighted by atomic mass is 10.2. The number of rotatable bonds is 0. The summed E-state index contributed by atoms with van der Waals surface area (Å²) in [6.07, 6.45) is 6.97. The first-order chi connectivity index (χ1) is 4.38. The van der Waals surface area contributed by atoms with Gasteiger partial charge in [0.15, 0.2) is 0 Å². The summed E-state index contributed by atoms with van der Waals surface area (Å²) < 4.78 is 0. The Morgan fingerprint density at radius 3 is 3.33 bits per heavy atom. The van der Waals surface area contributed by atoms with E-state index < -0.39 is 0 Å². The standard InChI is InChI=1S/C8H12O/c9-8-4-2-1-3-6-5-7(6)8/h4,6-7,9H,1-3,5H2. The Kier molecular flexibility index (Phi) is 1.04. The van der Waals surface area contributed by atoms with Crippen molar-refractivity contribution in [3.63, 3.8) is 0 Å². The van der Waals surface area contributed by atoms with Crippen molar-refractivity contribution in [2.75, 3.05) is 0 Å². The molecule has 2 aliphatic carbocycles. The molecule has 2 unspecified atom stereocenters. The van der Waals surface area contributed by atoms with Crippen molar-refractivity contribution >= 4 is 0 Å². The summed E-state index contributed by atoms with van der Waals surface area (Å²) in [4.78, 5) is 0. The fourth-order valence-electron chi connectivity index (χ4n) is 1.71. The van der Waals surface area contributed by atoms with E-state index >= 15 is 0 Å². The van der Waals surface area contributed by atoms with Crippen LogP contribution in [0.15, 0.2) is 11.8 Å². The summed E-state index contributed by atoms with van der Waals surface area (Å²) in [6.45, 7) is 0. The first-order valence-electron chi connectivity index (χ1n) is 3.77. The SMILES string of the molecule is OC1=CCCCC2CC12. The molecule has 2 rings (SSSR count). The van der Waals surface area contributed by atoms with Crippen molar-refractivity contribution in [2.45, 2.75) is 25.7 Å². The van der Waals surface area contributed by atoms with Crippen LogP contribution in [0.5, 0.6) is 0 Å². The highest BCUT2D eigenvalue weighted by Gasteiger charge is 2.40. The molecule has 0 amide bonds. The molecule has 1 saturated carbocycles. The summed E-state index contributed by atoms with van der Waals surface area (Å²) >= 11 is 0. The van der Waals surface area contributed by atoms with E-state index in [9.17, 15) is 5.11 Å². The molecule has 2 aliphatic rings. The lowest BCUT2D eigenvalue weighted by molar-refractivity contribution is 0.371. The van der Waals surface area contributed by atoms with Gasteiger partial charge in [0.05, 0.1) is 5.76 Å². The maximum Gasteiger partial charge on any atom is 0.0916 e. The van der Waals surface area contributed by atoms with Gasteiger partial charge in [0.25, 0.3) is 0 Å². The Balaban J connectivity index is 2.10. The van der Waals surface area contributed by atoms with Gasteiger partial charge in [-0.15, -0.1) is 0 Å². The lowest BCUT2D eigenvalue weighted by Crippen LogP contribution is -1.82. The molecule has 0 spiro atoms. The Labute approximate surface area is 55.4 Å². The van der Waals surface area contributed by atoms with Crippen LogP contribution in [-0.4, -0.2) is 5.11 Å². The van der Waals surface area contributed by atoms with E-state index in [-0.39, 0.29) is 0 Å². The van der Waals surface area contributed by atoms with Gasteiger partial charge in [0.1, 0.15) is 0 Å². The van der Waals surface area contributed by atoms with Crippen LogP contribution in [-0.2, 0) is 0 Å². The van der Waals surface area contributed by atoms with Gasteiger partial charge in [-0.25, -0.2) is 0 Å². The van der Waals surface area contributed by atoms with Crippen molar-refractivity contribution in [3.8, 4) is 0 Å². The second kappa shape index (κ2) is 1.76. The van der Waals surface area contributed by atoms with Crippen LogP contribution in [0.2, 0.25) is 0 Å². The van der Waals surface area contributed by atoms with Crippen LogP contribution in [0.3, 0.4) is 0 Å². The summed E-state index contributed by atoms with van der Waals surface area (Å²) in [5, 5.41) is 9.26. The van der Waals surface area contributed by atoms with E-state index in [1.165, 1.54) is 19.3 Å². The number of hydrogen-bond acceptors (Lipinski definition) is 1. The largest absolute Gasteiger partial charge is 0.512 e. The second-order valence-corrected chi connectivity index (χ2v) is 3.16. The minimum atomic E-state index is 0.576. The van der Waals surface area contributed by atoms with Crippen molar-refractivity contribution in [2.24, 2.45) is 11.8 Å². The van der Waals surface area contributed by atoms with Crippen LogP contribution in [0, 0.1) is 11.8 Å². The molecule has 0 saturated heterocycles. The van der Waals surface area contributed by atoms with Gasteiger partial charge in [-0.1, -0.05) is 0 Å². The van der Waals surface area contributed by atoms with Crippen LogP contribution in [0.4, 0.5) is 0 Å². The zero-order chi connectivity index (χ0) is 6.27. The fourth-order valence-corrected chi connectivity index (χ4v) is 1.71. The molecule has 50 valence electrons. The van der Waals surface area contributed by atoms with Gasteiger partial charge in [0.2, 0.25) is 0 Å². The van der Waals surface area contributed by atoms with Crippen LogP contribution < -0.4 is 0 Å². The van der Waals surface area contributed by atoms with Gasteiger partial charge in [0, 0.05) is 5.92 Å². The summed E-state index contributed by atoms with van der Waals surface area (Å²) in [6, 6.07) is 0. The zero-order valence-corrected chi connectivity index (χ0v) is 5.51. The van der Waals surface area contributed by atoms with E-state index in [0.29, 0.717) is 11.7 Å². The number of fused-ring (bicyclic) bond motifs is 1. The first-order valence-corrected chi connectivity index (χ1v) is 3.77. The second-order valence-electron chi connectivity index (χ2n) is 3.16. The maximum atomic E-state index is 9.26. The van der Waals surface area contributed by atoms with E-state index in [1.807, 2.05) is 6.08 Å². The molecule has 1 nitrogen and oxygen atoms in total. The summed E-state index contributed by atoms with van der Waals surface area (Å²) in [5.74, 6) is 2.11. The quantitative estimate of drug-likeness (QED) is 0.525. The highest BCUT2D eigenvalue weighted by molar-refractivity contribution is 5.10. The van der Waals surface area contributed by atoms with E-state index in [0.717, 1.165) is 12.3 Å². The molecule has 0 radical (unpaired) electrons. The normalized spacial score (nSPS) is 40.7. The van der Waals surface area contributed by atoms with Crippen LogP contribution in [0.25, 0.3) is 0 Å². The highest BCUT2D eigenvalue weighted by Crippen LogP contribution is 2.48. The van der Waals surface area contributed by atoms with Gasteiger partial charge in [-0.3, -0.25) is 0 Å². The maximum absolute atomic E-state index is 9.26. The number of hydrogen-bond donors (Lipinski definition) is 1. The highest BCUT2D eigenvalue weighted by atomic mass is 16.3. The Morgan fingerprint density at radius 1 is 1.56 bits per heavy atom. The molecular weight excluding hydrogens is 112 g/mol. The molecule has 1 N–H and O–H groups in total. The monoisotopic (exact) mass is 124 g/mol. The molecule has 1 heteroatoms. The zero-order valence-electron chi connectivity index (χ0n) is 5.51. The van der Waals surface area contributed by atoms with Crippen molar-refractivity contribution in [1.29, 1.82) is 0 Å². The number of allylic oxidation sites excluding steroid dienone is 2. The Bertz CT molecular complexity index is 149. The van der Waals surface area contributed by atoms with Crippen LogP contribution >= 0.6 is 0 Å². The van der Waals surface area contributed by atoms with E-state index in [2.05, 4.69) is 0 Å². The van der Waals surface area contributed by atoms with Gasteiger partial charge < -0.3 is 5.11 Å². The van der Waals surface area contributed by atoms with Gasteiger partial charge in [-0.05, 0) is 37.7 Å². The van der Waals surface area contributed by atoms with Gasteiger partial charge in [-0.2, -0.15) is 0 Å². The molecule has 1 fully saturated rings. The minimum absolute atomic E-state index is 0.576. The summed E-state index contributed by atoms with van der Waals surface area (Å²) in [7, 11) is 0. The average molecular weight is 124 g/mol. The van der Waals surface area contributed by atoms with E-state index in [1.54, 1.807) is 0 Å². The molecule has 0 aromatic heterocycles. The van der Waals surface area contributed by atoms with Crippen LogP contribution in [0.1, 0.15) is 25.7 Å². The molecule has 0 bridgehead atoms. The van der Waals surface area contributed by atoms with Crippen molar-refractivity contribution < 1.29 is 5.11 Å². The lowest BCUT2D eigenvalue weighted by Gasteiger charge is -1.90. The number of aliphatic hydroxyl groups is 1. The molecule has 0 heterocycles. The van der Waals surface area contributed by atoms with Crippen molar-refractivity contribution in [3.05, 3.63) is 11.8 Å². The van der Waals surface area contributed by atoms with Gasteiger partial charge >= 0.3 is 0 Å². The van der Waals surface area contributed by atoms with E-state index in [4.69, 9.17) is 0 Å². The number of aliphatic hydroxyl groups excluding tert-OH is 1. The third-order valence-electron chi connectivity index (χ3n) is 2.44. The molecule has 0 aromatic rings.